The molecule has 0 aliphatic carbocycles. The molecule has 4 nitrogen and oxygen atoms in total. The van der Waals surface area contributed by atoms with Crippen LogP contribution in [0.25, 0.3) is 0 Å². The van der Waals surface area contributed by atoms with E-state index in [9.17, 15) is 8.78 Å². The largest absolute Gasteiger partial charge is 0.487 e. The first-order chi connectivity index (χ1) is 10.6. The summed E-state index contributed by atoms with van der Waals surface area (Å²) in [5.41, 5.74) is 0.918. The average Bonchev–Trinajstić information content (AvgIpc) is 2.89. The Balaban J connectivity index is 1.51. The Bertz CT molecular complexity index is 637. The molecule has 118 valence electrons. The Morgan fingerprint density at radius 3 is 2.68 bits per heavy atom. The minimum absolute atomic E-state index is 0.0461. The molecule has 1 saturated heterocycles. The zero-order valence-corrected chi connectivity index (χ0v) is 12.4. The third kappa shape index (κ3) is 3.62. The van der Waals surface area contributed by atoms with Crippen molar-refractivity contribution in [2.45, 2.75) is 32.4 Å². The molecule has 1 aromatic carbocycles. The molecule has 6 heteroatoms. The van der Waals surface area contributed by atoms with Crippen LogP contribution in [0.1, 0.15) is 24.3 Å². The van der Waals surface area contributed by atoms with E-state index in [2.05, 4.69) is 10.1 Å². The monoisotopic (exact) mass is 308 g/mol. The Hall–Kier alpha value is -1.95. The number of likely N-dealkylation sites (tertiary alicyclic amines) is 1. The number of nitrogens with zero attached hydrogens (tertiary/aromatic N) is 2. The van der Waals surface area contributed by atoms with Crippen LogP contribution >= 0.6 is 0 Å². The molecule has 0 radical (unpaired) electrons. The van der Waals surface area contributed by atoms with Crippen molar-refractivity contribution in [3.8, 4) is 5.75 Å². The van der Waals surface area contributed by atoms with E-state index in [1.807, 2.05) is 13.0 Å². The first-order valence-corrected chi connectivity index (χ1v) is 7.36. The number of hydrogen-bond acceptors (Lipinski definition) is 4. The fourth-order valence-corrected chi connectivity index (χ4v) is 2.66. The summed E-state index contributed by atoms with van der Waals surface area (Å²) < 4.78 is 37.1. The molecular formula is C16H18F2N2O2. The number of aromatic nitrogens is 1. The summed E-state index contributed by atoms with van der Waals surface area (Å²) in [6, 6.07) is 5.32. The molecule has 1 aliphatic heterocycles. The lowest BCUT2D eigenvalue weighted by Crippen LogP contribution is -2.38. The summed E-state index contributed by atoms with van der Waals surface area (Å²) in [4.78, 5) is 2.26. The van der Waals surface area contributed by atoms with Crippen molar-refractivity contribution < 1.29 is 18.0 Å². The zero-order chi connectivity index (χ0) is 15.5. The number of halogens is 2. The van der Waals surface area contributed by atoms with Gasteiger partial charge in [-0.3, -0.25) is 4.90 Å². The summed E-state index contributed by atoms with van der Waals surface area (Å²) in [5, 5.41) is 3.98. The molecule has 1 aromatic heterocycles. The smallest absolute Gasteiger partial charge is 0.167 e. The van der Waals surface area contributed by atoms with Gasteiger partial charge in [-0.1, -0.05) is 5.16 Å². The maximum absolute atomic E-state index is 13.6. The molecule has 0 atom stereocenters. The summed E-state index contributed by atoms with van der Waals surface area (Å²) in [6.07, 6.45) is 1.55. The molecule has 2 heterocycles. The van der Waals surface area contributed by atoms with Gasteiger partial charge >= 0.3 is 0 Å². The average molecular weight is 308 g/mol. The number of hydrogen-bond donors (Lipinski definition) is 0. The van der Waals surface area contributed by atoms with E-state index in [4.69, 9.17) is 9.26 Å². The highest BCUT2D eigenvalue weighted by atomic mass is 19.1. The van der Waals surface area contributed by atoms with Gasteiger partial charge in [0.15, 0.2) is 11.6 Å². The van der Waals surface area contributed by atoms with Crippen molar-refractivity contribution >= 4 is 0 Å². The van der Waals surface area contributed by atoms with Gasteiger partial charge in [-0.05, 0) is 31.9 Å². The molecule has 0 N–H and O–H groups in total. The highest BCUT2D eigenvalue weighted by molar-refractivity contribution is 5.25. The van der Waals surface area contributed by atoms with Gasteiger partial charge < -0.3 is 9.26 Å². The van der Waals surface area contributed by atoms with Gasteiger partial charge in [0.2, 0.25) is 0 Å². The second kappa shape index (κ2) is 6.44. The number of rotatable bonds is 4. The summed E-state index contributed by atoms with van der Waals surface area (Å²) in [6.45, 7) is 4.31. The molecule has 0 spiro atoms. The van der Waals surface area contributed by atoms with Gasteiger partial charge in [0, 0.05) is 31.8 Å². The van der Waals surface area contributed by atoms with E-state index in [1.165, 1.54) is 12.1 Å². The van der Waals surface area contributed by atoms with E-state index >= 15 is 0 Å². The van der Waals surface area contributed by atoms with Crippen LogP contribution in [-0.4, -0.2) is 29.3 Å². The van der Waals surface area contributed by atoms with Crippen molar-refractivity contribution in [2.75, 3.05) is 13.1 Å². The molecule has 0 saturated carbocycles. The Morgan fingerprint density at radius 1 is 1.27 bits per heavy atom. The minimum Gasteiger partial charge on any atom is -0.487 e. The predicted molar refractivity (Wildman–Crippen MR) is 76.5 cm³/mol. The van der Waals surface area contributed by atoms with Gasteiger partial charge in [0.1, 0.15) is 17.7 Å². The molecule has 2 aromatic rings. The van der Waals surface area contributed by atoms with Crippen molar-refractivity contribution in [3.05, 3.63) is 47.4 Å². The molecule has 1 aliphatic rings. The highest BCUT2D eigenvalue weighted by Crippen LogP contribution is 2.23. The second-order valence-corrected chi connectivity index (χ2v) is 5.60. The van der Waals surface area contributed by atoms with Gasteiger partial charge in [-0.15, -0.1) is 0 Å². The van der Waals surface area contributed by atoms with Crippen LogP contribution in [0.3, 0.4) is 0 Å². The van der Waals surface area contributed by atoms with Crippen LogP contribution in [-0.2, 0) is 6.54 Å². The van der Waals surface area contributed by atoms with Crippen LogP contribution in [0.2, 0.25) is 0 Å². The second-order valence-electron chi connectivity index (χ2n) is 5.60. The normalized spacial score (nSPS) is 16.9. The molecule has 0 bridgehead atoms. The van der Waals surface area contributed by atoms with Crippen LogP contribution in [0.5, 0.6) is 5.75 Å². The van der Waals surface area contributed by atoms with Crippen LogP contribution < -0.4 is 4.74 Å². The topological polar surface area (TPSA) is 38.5 Å². The van der Waals surface area contributed by atoms with E-state index in [-0.39, 0.29) is 11.9 Å². The number of aryl methyl sites for hydroxylation is 1. The molecule has 3 rings (SSSR count). The highest BCUT2D eigenvalue weighted by Gasteiger charge is 2.22. The van der Waals surface area contributed by atoms with Gasteiger partial charge in [-0.25, -0.2) is 8.78 Å². The Morgan fingerprint density at radius 2 is 2.05 bits per heavy atom. The Kier molecular flexibility index (Phi) is 4.38. The number of ether oxygens (including phenoxy) is 1. The van der Waals surface area contributed by atoms with Crippen LogP contribution in [0, 0.1) is 18.6 Å². The zero-order valence-electron chi connectivity index (χ0n) is 12.4. The van der Waals surface area contributed by atoms with Gasteiger partial charge in [0.05, 0.1) is 5.69 Å². The quantitative estimate of drug-likeness (QED) is 0.868. The lowest BCUT2D eigenvalue weighted by atomic mass is 10.1. The molecule has 1 fully saturated rings. The first-order valence-electron chi connectivity index (χ1n) is 7.36. The summed E-state index contributed by atoms with van der Waals surface area (Å²) >= 11 is 0. The maximum Gasteiger partial charge on any atom is 0.167 e. The summed E-state index contributed by atoms with van der Waals surface area (Å²) in [5.74, 6) is -0.324. The molecule has 0 amide bonds. The van der Waals surface area contributed by atoms with E-state index in [0.717, 1.165) is 50.0 Å². The molecular weight excluding hydrogens is 290 g/mol. The SMILES string of the molecule is Cc1cc(CN2CCC(Oc3ccc(F)cc3F)CC2)no1. The number of benzene rings is 1. The standard InChI is InChI=1S/C16H18F2N2O2/c1-11-8-13(19-22-11)10-20-6-4-14(5-7-20)21-16-3-2-12(17)9-15(16)18/h2-3,8-9,14H,4-7,10H2,1H3. The maximum atomic E-state index is 13.6. The van der Waals surface area contributed by atoms with Crippen molar-refractivity contribution in [2.24, 2.45) is 0 Å². The fraction of sp³-hybridized carbons (Fsp3) is 0.438. The van der Waals surface area contributed by atoms with Crippen LogP contribution in [0.4, 0.5) is 8.78 Å². The third-order valence-corrected chi connectivity index (χ3v) is 3.78. The fourth-order valence-electron chi connectivity index (χ4n) is 2.66. The van der Waals surface area contributed by atoms with E-state index < -0.39 is 11.6 Å². The van der Waals surface area contributed by atoms with Crippen molar-refractivity contribution in [1.82, 2.24) is 10.1 Å². The van der Waals surface area contributed by atoms with Crippen molar-refractivity contribution in [3.63, 3.8) is 0 Å². The molecule has 0 unspecified atom stereocenters. The Labute approximate surface area is 127 Å². The summed E-state index contributed by atoms with van der Waals surface area (Å²) in [7, 11) is 0. The van der Waals surface area contributed by atoms with Gasteiger partial charge in [-0.2, -0.15) is 0 Å². The number of piperidine rings is 1. The lowest BCUT2D eigenvalue weighted by Gasteiger charge is -2.31. The third-order valence-electron chi connectivity index (χ3n) is 3.78. The first kappa shape index (κ1) is 15.0. The van der Waals surface area contributed by atoms with E-state index in [0.29, 0.717) is 0 Å². The molecule has 22 heavy (non-hydrogen) atoms. The van der Waals surface area contributed by atoms with Gasteiger partial charge in [0.25, 0.3) is 0 Å². The van der Waals surface area contributed by atoms with Crippen molar-refractivity contribution in [1.29, 1.82) is 0 Å². The van der Waals surface area contributed by atoms with E-state index in [1.54, 1.807) is 0 Å². The van der Waals surface area contributed by atoms with Crippen LogP contribution in [0.15, 0.2) is 28.8 Å². The predicted octanol–water partition coefficient (Wildman–Crippen LogP) is 3.30. The lowest BCUT2D eigenvalue weighted by molar-refractivity contribution is 0.0922. The minimum atomic E-state index is -0.652.